The van der Waals surface area contributed by atoms with Gasteiger partial charge in [0.1, 0.15) is 0 Å². The lowest BCUT2D eigenvalue weighted by Gasteiger charge is -2.07. The van der Waals surface area contributed by atoms with Gasteiger partial charge in [-0.3, -0.25) is 0 Å². The highest BCUT2D eigenvalue weighted by Gasteiger charge is 2.06. The average molecular weight is 272 g/mol. The smallest absolute Gasteiger partial charge is 0.335 e. The number of thioether (sulfide) groups is 1. The second-order valence-electron chi connectivity index (χ2n) is 4.55. The molecule has 0 amide bonds. The first-order chi connectivity index (χ1) is 9.06. The van der Waals surface area contributed by atoms with Crippen molar-refractivity contribution in [2.75, 3.05) is 0 Å². The number of carbonyl (C=O) groups is 1. The zero-order valence-corrected chi connectivity index (χ0v) is 11.8. The zero-order valence-electron chi connectivity index (χ0n) is 11.0. The molecule has 2 aromatic rings. The van der Waals surface area contributed by atoms with E-state index in [1.165, 1.54) is 16.0 Å². The number of hydrogen-bond donors (Lipinski definition) is 1. The van der Waals surface area contributed by atoms with Crippen LogP contribution < -0.4 is 0 Å². The van der Waals surface area contributed by atoms with Gasteiger partial charge >= 0.3 is 5.97 Å². The first kappa shape index (κ1) is 13.7. The number of rotatable bonds is 4. The van der Waals surface area contributed by atoms with Crippen LogP contribution >= 0.6 is 11.8 Å². The SMILES string of the molecule is Cc1ccc(SCc2ccc(C(=O)O)cc2C)cc1. The minimum Gasteiger partial charge on any atom is -0.478 e. The fourth-order valence-electron chi connectivity index (χ4n) is 1.79. The van der Waals surface area contributed by atoms with Gasteiger partial charge in [0.25, 0.3) is 0 Å². The molecule has 0 heterocycles. The van der Waals surface area contributed by atoms with Gasteiger partial charge in [-0.25, -0.2) is 4.79 Å². The molecule has 2 aromatic carbocycles. The molecule has 0 bridgehead atoms. The monoisotopic (exact) mass is 272 g/mol. The van der Waals surface area contributed by atoms with Gasteiger partial charge in [0, 0.05) is 10.6 Å². The highest BCUT2D eigenvalue weighted by molar-refractivity contribution is 7.98. The number of aromatic carboxylic acids is 1. The molecule has 1 N–H and O–H groups in total. The van der Waals surface area contributed by atoms with Gasteiger partial charge in [-0.2, -0.15) is 0 Å². The third-order valence-electron chi connectivity index (χ3n) is 3.00. The highest BCUT2D eigenvalue weighted by Crippen LogP contribution is 2.25. The quantitative estimate of drug-likeness (QED) is 0.843. The van der Waals surface area contributed by atoms with Gasteiger partial charge in [0.2, 0.25) is 0 Å². The van der Waals surface area contributed by atoms with E-state index < -0.39 is 5.97 Å². The van der Waals surface area contributed by atoms with E-state index in [2.05, 4.69) is 31.2 Å². The summed E-state index contributed by atoms with van der Waals surface area (Å²) in [5.41, 5.74) is 3.81. The van der Waals surface area contributed by atoms with Crippen LogP contribution in [0, 0.1) is 13.8 Å². The van der Waals surface area contributed by atoms with Crippen molar-refractivity contribution >= 4 is 17.7 Å². The van der Waals surface area contributed by atoms with Crippen LogP contribution in [0.15, 0.2) is 47.4 Å². The van der Waals surface area contributed by atoms with Crippen LogP contribution in [0.4, 0.5) is 0 Å². The second-order valence-corrected chi connectivity index (χ2v) is 5.60. The van der Waals surface area contributed by atoms with E-state index in [1.807, 2.05) is 13.0 Å². The predicted octanol–water partition coefficient (Wildman–Crippen LogP) is 4.29. The Balaban J connectivity index is 2.07. The molecule has 3 heteroatoms. The van der Waals surface area contributed by atoms with E-state index in [9.17, 15) is 4.79 Å². The summed E-state index contributed by atoms with van der Waals surface area (Å²) in [6.45, 7) is 4.03. The number of hydrogen-bond acceptors (Lipinski definition) is 2. The van der Waals surface area contributed by atoms with Crippen molar-refractivity contribution in [3.05, 3.63) is 64.7 Å². The maximum Gasteiger partial charge on any atom is 0.335 e. The largest absolute Gasteiger partial charge is 0.478 e. The standard InChI is InChI=1S/C16H16O2S/c1-11-3-7-15(8-4-11)19-10-14-6-5-13(16(17)18)9-12(14)2/h3-9H,10H2,1-2H3,(H,17,18). The minimum absolute atomic E-state index is 0.349. The van der Waals surface area contributed by atoms with Crippen molar-refractivity contribution in [3.63, 3.8) is 0 Å². The van der Waals surface area contributed by atoms with E-state index >= 15 is 0 Å². The van der Waals surface area contributed by atoms with Crippen molar-refractivity contribution in [2.45, 2.75) is 24.5 Å². The topological polar surface area (TPSA) is 37.3 Å². The molecular weight excluding hydrogens is 256 g/mol. The summed E-state index contributed by atoms with van der Waals surface area (Å²) in [7, 11) is 0. The number of carboxylic acid groups (broad SMARTS) is 1. The third-order valence-corrected chi connectivity index (χ3v) is 4.07. The summed E-state index contributed by atoms with van der Waals surface area (Å²) in [6.07, 6.45) is 0. The molecular formula is C16H16O2S. The maximum atomic E-state index is 10.9. The molecule has 98 valence electrons. The molecule has 19 heavy (non-hydrogen) atoms. The van der Waals surface area contributed by atoms with Gasteiger partial charge < -0.3 is 5.11 Å². The van der Waals surface area contributed by atoms with Crippen molar-refractivity contribution in [1.29, 1.82) is 0 Å². The molecule has 0 saturated heterocycles. The summed E-state index contributed by atoms with van der Waals surface area (Å²) in [5, 5.41) is 8.93. The first-order valence-corrected chi connectivity index (χ1v) is 7.07. The summed E-state index contributed by atoms with van der Waals surface area (Å²) >= 11 is 1.76. The molecule has 0 aliphatic heterocycles. The van der Waals surface area contributed by atoms with Crippen LogP contribution in [0.2, 0.25) is 0 Å². The third kappa shape index (κ3) is 3.61. The summed E-state index contributed by atoms with van der Waals surface area (Å²) < 4.78 is 0. The first-order valence-electron chi connectivity index (χ1n) is 6.08. The van der Waals surface area contributed by atoms with Gasteiger partial charge in [-0.15, -0.1) is 11.8 Å². The Labute approximate surface area is 117 Å². The highest BCUT2D eigenvalue weighted by atomic mass is 32.2. The molecule has 0 spiro atoms. The van der Waals surface area contributed by atoms with Gasteiger partial charge in [0.15, 0.2) is 0 Å². The summed E-state index contributed by atoms with van der Waals surface area (Å²) in [6, 6.07) is 13.7. The number of carboxylic acids is 1. The average Bonchev–Trinajstić information content (AvgIpc) is 2.39. The molecule has 0 unspecified atom stereocenters. The maximum absolute atomic E-state index is 10.9. The number of aryl methyl sites for hydroxylation is 2. The Morgan fingerprint density at radius 2 is 1.79 bits per heavy atom. The Bertz CT molecular complexity index is 588. The Hall–Kier alpha value is -1.74. The van der Waals surface area contributed by atoms with E-state index in [4.69, 9.17) is 5.11 Å². The van der Waals surface area contributed by atoms with E-state index in [0.717, 1.165) is 11.3 Å². The van der Waals surface area contributed by atoms with E-state index in [1.54, 1.807) is 23.9 Å². The van der Waals surface area contributed by atoms with Crippen LogP contribution in [0.3, 0.4) is 0 Å². The fraction of sp³-hybridized carbons (Fsp3) is 0.188. The minimum atomic E-state index is -0.874. The Morgan fingerprint density at radius 1 is 1.11 bits per heavy atom. The molecule has 0 aromatic heterocycles. The van der Waals surface area contributed by atoms with Crippen molar-refractivity contribution < 1.29 is 9.90 Å². The fourth-order valence-corrected chi connectivity index (χ4v) is 2.76. The van der Waals surface area contributed by atoms with Crippen LogP contribution in [-0.2, 0) is 5.75 Å². The molecule has 0 saturated carbocycles. The molecule has 2 rings (SSSR count). The van der Waals surface area contributed by atoms with Crippen LogP contribution in [0.1, 0.15) is 27.0 Å². The molecule has 0 atom stereocenters. The normalized spacial score (nSPS) is 10.4. The predicted molar refractivity (Wildman–Crippen MR) is 78.9 cm³/mol. The molecule has 0 radical (unpaired) electrons. The van der Waals surface area contributed by atoms with Crippen LogP contribution in [0.25, 0.3) is 0 Å². The molecule has 0 fully saturated rings. The Kier molecular flexibility index (Phi) is 4.27. The van der Waals surface area contributed by atoms with E-state index in [0.29, 0.717) is 5.56 Å². The van der Waals surface area contributed by atoms with E-state index in [-0.39, 0.29) is 0 Å². The lowest BCUT2D eigenvalue weighted by atomic mass is 10.1. The molecule has 0 aliphatic carbocycles. The summed E-state index contributed by atoms with van der Waals surface area (Å²) in [4.78, 5) is 12.1. The van der Waals surface area contributed by atoms with Gasteiger partial charge in [-0.05, 0) is 49.2 Å². The lowest BCUT2D eigenvalue weighted by Crippen LogP contribution is -1.98. The van der Waals surface area contributed by atoms with Crippen LogP contribution in [0.5, 0.6) is 0 Å². The zero-order chi connectivity index (χ0) is 13.8. The lowest BCUT2D eigenvalue weighted by molar-refractivity contribution is 0.0697. The van der Waals surface area contributed by atoms with Gasteiger partial charge in [0.05, 0.1) is 5.56 Å². The second kappa shape index (κ2) is 5.93. The molecule has 2 nitrogen and oxygen atoms in total. The molecule has 0 aliphatic rings. The number of benzene rings is 2. The Morgan fingerprint density at radius 3 is 2.37 bits per heavy atom. The van der Waals surface area contributed by atoms with Crippen molar-refractivity contribution in [2.24, 2.45) is 0 Å². The van der Waals surface area contributed by atoms with Crippen molar-refractivity contribution in [3.8, 4) is 0 Å². The van der Waals surface area contributed by atoms with Crippen LogP contribution in [-0.4, -0.2) is 11.1 Å². The van der Waals surface area contributed by atoms with Gasteiger partial charge in [-0.1, -0.05) is 23.8 Å². The van der Waals surface area contributed by atoms with Crippen molar-refractivity contribution in [1.82, 2.24) is 0 Å². The summed E-state index contributed by atoms with van der Waals surface area (Å²) in [5.74, 6) is -0.0183.